The Balaban J connectivity index is 1.83. The smallest absolute Gasteiger partial charge is 0.00953 e. The van der Waals surface area contributed by atoms with Gasteiger partial charge in [0.25, 0.3) is 0 Å². The lowest BCUT2D eigenvalue weighted by atomic mass is 9.94. The molecule has 1 aliphatic heterocycles. The van der Waals surface area contributed by atoms with Crippen LogP contribution in [0.2, 0.25) is 0 Å². The molecule has 1 heteroatoms. The average Bonchev–Trinajstić information content (AvgIpc) is 2.48. The summed E-state index contributed by atoms with van der Waals surface area (Å²) >= 11 is 0. The van der Waals surface area contributed by atoms with Gasteiger partial charge in [0, 0.05) is 6.04 Å². The van der Waals surface area contributed by atoms with E-state index in [9.17, 15) is 0 Å². The van der Waals surface area contributed by atoms with Crippen molar-refractivity contribution in [2.45, 2.75) is 57.4 Å². The van der Waals surface area contributed by atoms with Crippen molar-refractivity contribution in [2.24, 2.45) is 5.92 Å². The Hall–Kier alpha value is -0.0400. The largest absolute Gasteiger partial charge is 0.314 e. The third-order valence-corrected chi connectivity index (χ3v) is 3.57. The lowest BCUT2D eigenvalue weighted by Gasteiger charge is -2.22. The van der Waals surface area contributed by atoms with Gasteiger partial charge in [0.05, 0.1) is 0 Å². The second kappa shape index (κ2) is 4.27. The molecule has 0 spiro atoms. The van der Waals surface area contributed by atoms with Gasteiger partial charge in [0.15, 0.2) is 0 Å². The Morgan fingerprint density at radius 3 is 2.33 bits per heavy atom. The topological polar surface area (TPSA) is 12.0 Å². The standard InChI is InChI=1S/C11H21N/c1-2-8-11(12-9-5-1)10-6-3-4-7-10/h10-12H,1-9H2. The maximum Gasteiger partial charge on any atom is 0.00953 e. The zero-order valence-electron chi connectivity index (χ0n) is 8.02. The van der Waals surface area contributed by atoms with Crippen molar-refractivity contribution in [3.8, 4) is 0 Å². The van der Waals surface area contributed by atoms with Crippen LogP contribution < -0.4 is 5.32 Å². The Labute approximate surface area is 75.9 Å². The highest BCUT2D eigenvalue weighted by molar-refractivity contribution is 4.81. The molecule has 1 heterocycles. The van der Waals surface area contributed by atoms with Gasteiger partial charge in [-0.2, -0.15) is 0 Å². The molecule has 12 heavy (non-hydrogen) atoms. The second-order valence-electron chi connectivity index (χ2n) is 4.45. The minimum atomic E-state index is 0.884. The first-order valence-corrected chi connectivity index (χ1v) is 5.70. The third-order valence-electron chi connectivity index (χ3n) is 3.57. The van der Waals surface area contributed by atoms with Crippen LogP contribution in [0.5, 0.6) is 0 Å². The highest BCUT2D eigenvalue weighted by atomic mass is 14.9. The molecular formula is C11H21N. The van der Waals surface area contributed by atoms with Crippen molar-refractivity contribution in [1.29, 1.82) is 0 Å². The fraction of sp³-hybridized carbons (Fsp3) is 1.00. The van der Waals surface area contributed by atoms with Crippen molar-refractivity contribution in [3.63, 3.8) is 0 Å². The molecular weight excluding hydrogens is 146 g/mol. The van der Waals surface area contributed by atoms with Gasteiger partial charge in [-0.15, -0.1) is 0 Å². The molecule has 0 aromatic heterocycles. The monoisotopic (exact) mass is 167 g/mol. The SMILES string of the molecule is C1CCNC(C2CCCC2)CC1. The first-order chi connectivity index (χ1) is 5.97. The van der Waals surface area contributed by atoms with Crippen LogP contribution in [0.25, 0.3) is 0 Å². The van der Waals surface area contributed by atoms with E-state index in [4.69, 9.17) is 0 Å². The van der Waals surface area contributed by atoms with E-state index in [1.165, 1.54) is 57.9 Å². The van der Waals surface area contributed by atoms with E-state index >= 15 is 0 Å². The lowest BCUT2D eigenvalue weighted by molar-refractivity contribution is 0.353. The van der Waals surface area contributed by atoms with Crippen molar-refractivity contribution >= 4 is 0 Å². The van der Waals surface area contributed by atoms with Crippen LogP contribution in [-0.2, 0) is 0 Å². The zero-order valence-corrected chi connectivity index (χ0v) is 8.02. The molecule has 0 aromatic rings. The summed E-state index contributed by atoms with van der Waals surface area (Å²) in [4.78, 5) is 0. The number of hydrogen-bond donors (Lipinski definition) is 1. The Bertz CT molecular complexity index is 119. The highest BCUT2D eigenvalue weighted by Crippen LogP contribution is 2.30. The minimum absolute atomic E-state index is 0.884. The van der Waals surface area contributed by atoms with Crippen LogP contribution in [0.3, 0.4) is 0 Å². The predicted octanol–water partition coefficient (Wildman–Crippen LogP) is 2.71. The molecule has 0 aromatic carbocycles. The number of hydrogen-bond acceptors (Lipinski definition) is 1. The molecule has 1 unspecified atom stereocenters. The molecule has 1 saturated carbocycles. The summed E-state index contributed by atoms with van der Waals surface area (Å²) in [6.45, 7) is 1.28. The Kier molecular flexibility index (Phi) is 3.04. The summed E-state index contributed by atoms with van der Waals surface area (Å²) in [5.74, 6) is 1.03. The van der Waals surface area contributed by atoms with Crippen molar-refractivity contribution in [1.82, 2.24) is 5.32 Å². The van der Waals surface area contributed by atoms with Gasteiger partial charge in [-0.05, 0) is 38.1 Å². The van der Waals surface area contributed by atoms with Crippen LogP contribution in [0, 0.1) is 5.92 Å². The van der Waals surface area contributed by atoms with Crippen LogP contribution >= 0.6 is 0 Å². The van der Waals surface area contributed by atoms with Gasteiger partial charge in [-0.1, -0.05) is 25.7 Å². The van der Waals surface area contributed by atoms with E-state index in [1.54, 1.807) is 0 Å². The molecule has 70 valence electrons. The van der Waals surface area contributed by atoms with Crippen molar-refractivity contribution in [2.75, 3.05) is 6.54 Å². The first-order valence-electron chi connectivity index (χ1n) is 5.70. The van der Waals surface area contributed by atoms with Crippen molar-refractivity contribution in [3.05, 3.63) is 0 Å². The van der Waals surface area contributed by atoms with Gasteiger partial charge < -0.3 is 5.32 Å². The van der Waals surface area contributed by atoms with Crippen LogP contribution in [-0.4, -0.2) is 12.6 Å². The van der Waals surface area contributed by atoms with E-state index in [1.807, 2.05) is 0 Å². The third kappa shape index (κ3) is 2.01. The number of rotatable bonds is 1. The maximum atomic E-state index is 3.72. The minimum Gasteiger partial charge on any atom is -0.314 e. The number of nitrogens with one attached hydrogen (secondary N) is 1. The van der Waals surface area contributed by atoms with Gasteiger partial charge >= 0.3 is 0 Å². The lowest BCUT2D eigenvalue weighted by Crippen LogP contribution is -2.34. The molecule has 1 atom stereocenters. The second-order valence-corrected chi connectivity index (χ2v) is 4.45. The fourth-order valence-corrected chi connectivity index (χ4v) is 2.82. The zero-order chi connectivity index (χ0) is 8.23. The Morgan fingerprint density at radius 1 is 0.750 bits per heavy atom. The molecule has 0 radical (unpaired) electrons. The van der Waals surface area contributed by atoms with Gasteiger partial charge in [-0.25, -0.2) is 0 Å². The summed E-state index contributed by atoms with van der Waals surface area (Å²) in [5.41, 5.74) is 0. The van der Waals surface area contributed by atoms with E-state index in [0.29, 0.717) is 0 Å². The summed E-state index contributed by atoms with van der Waals surface area (Å²) in [5, 5.41) is 3.72. The maximum absolute atomic E-state index is 3.72. The summed E-state index contributed by atoms with van der Waals surface area (Å²) in [6, 6.07) is 0.884. The van der Waals surface area contributed by atoms with E-state index in [-0.39, 0.29) is 0 Å². The van der Waals surface area contributed by atoms with Gasteiger partial charge in [-0.3, -0.25) is 0 Å². The molecule has 2 aliphatic rings. The van der Waals surface area contributed by atoms with Gasteiger partial charge in [0.2, 0.25) is 0 Å². The normalized spacial score (nSPS) is 33.5. The molecule has 2 fully saturated rings. The quantitative estimate of drug-likeness (QED) is 0.633. The fourth-order valence-electron chi connectivity index (χ4n) is 2.82. The summed E-state index contributed by atoms with van der Waals surface area (Å²) in [7, 11) is 0. The molecule has 1 N–H and O–H groups in total. The molecule has 1 aliphatic carbocycles. The van der Waals surface area contributed by atoms with E-state index in [0.717, 1.165) is 12.0 Å². The predicted molar refractivity (Wildman–Crippen MR) is 52.2 cm³/mol. The van der Waals surface area contributed by atoms with Crippen LogP contribution in [0.15, 0.2) is 0 Å². The average molecular weight is 167 g/mol. The molecule has 0 bridgehead atoms. The molecule has 2 rings (SSSR count). The Morgan fingerprint density at radius 2 is 1.50 bits per heavy atom. The highest BCUT2D eigenvalue weighted by Gasteiger charge is 2.24. The molecule has 0 amide bonds. The van der Waals surface area contributed by atoms with E-state index < -0.39 is 0 Å². The van der Waals surface area contributed by atoms with Crippen LogP contribution in [0.1, 0.15) is 51.4 Å². The van der Waals surface area contributed by atoms with Crippen molar-refractivity contribution < 1.29 is 0 Å². The molecule has 1 saturated heterocycles. The first kappa shape index (κ1) is 8.55. The summed E-state index contributed by atoms with van der Waals surface area (Å²) < 4.78 is 0. The van der Waals surface area contributed by atoms with Crippen LogP contribution in [0.4, 0.5) is 0 Å². The molecule has 1 nitrogen and oxygen atoms in total. The van der Waals surface area contributed by atoms with E-state index in [2.05, 4.69) is 5.32 Å². The van der Waals surface area contributed by atoms with Gasteiger partial charge in [0.1, 0.15) is 0 Å². The summed E-state index contributed by atoms with van der Waals surface area (Å²) in [6.07, 6.45) is 11.7.